The minimum absolute atomic E-state index is 0.0965. The molecule has 0 spiro atoms. The Kier molecular flexibility index (Phi) is 9.20. The monoisotopic (exact) mass is 547 g/mol. The van der Waals surface area contributed by atoms with Crippen molar-refractivity contribution in [2.45, 2.75) is 65.3 Å². The summed E-state index contributed by atoms with van der Waals surface area (Å²) in [5.74, 6) is -1.35. The van der Waals surface area contributed by atoms with Crippen LogP contribution in [0.3, 0.4) is 0 Å². The molecule has 212 valence electrons. The van der Waals surface area contributed by atoms with E-state index in [2.05, 4.69) is 5.32 Å². The highest BCUT2D eigenvalue weighted by atomic mass is 19.1. The summed E-state index contributed by atoms with van der Waals surface area (Å²) in [4.78, 5) is 40.5. The second-order valence-electron chi connectivity index (χ2n) is 11.3. The van der Waals surface area contributed by atoms with Crippen molar-refractivity contribution in [2.75, 3.05) is 13.1 Å². The van der Waals surface area contributed by atoms with Gasteiger partial charge in [0.2, 0.25) is 5.91 Å². The molecule has 0 aliphatic carbocycles. The number of amides is 1. The highest BCUT2D eigenvalue weighted by Crippen LogP contribution is 2.30. The van der Waals surface area contributed by atoms with E-state index in [1.54, 1.807) is 12.3 Å². The molecule has 2 heterocycles. The Morgan fingerprint density at radius 2 is 1.73 bits per heavy atom. The molecule has 3 aromatic rings. The van der Waals surface area contributed by atoms with Gasteiger partial charge in [0.15, 0.2) is 0 Å². The number of hydrogen-bond donors (Lipinski definition) is 2. The van der Waals surface area contributed by atoms with Crippen LogP contribution in [0.2, 0.25) is 0 Å². The standard InChI is InChI=1S/C32H38FN3O4/c1-20(2)13-28(36-17-23(11-12-29(36)37)16-35-18-26(33)19-35)32(40)34-27(15-30(38)39)24-9-6-10-25(14-24)31-21(3)7-5-8-22(31)4/h5-12,14,17,20,26-28H,13,15-16,18-19H2,1-4H3,(H,34,40)(H,38,39). The maximum Gasteiger partial charge on any atom is 0.305 e. The maximum atomic E-state index is 13.8. The van der Waals surface area contributed by atoms with Crippen molar-refractivity contribution in [1.82, 2.24) is 14.8 Å². The summed E-state index contributed by atoms with van der Waals surface area (Å²) in [6.07, 6.45) is 0.942. The third kappa shape index (κ3) is 7.04. The van der Waals surface area contributed by atoms with E-state index in [0.29, 0.717) is 31.6 Å². The molecule has 40 heavy (non-hydrogen) atoms. The first-order chi connectivity index (χ1) is 19.0. The quantitative estimate of drug-likeness (QED) is 0.344. The van der Waals surface area contributed by atoms with Crippen LogP contribution in [0.25, 0.3) is 11.1 Å². The van der Waals surface area contributed by atoms with Crippen molar-refractivity contribution < 1.29 is 19.1 Å². The van der Waals surface area contributed by atoms with Gasteiger partial charge in [-0.05, 0) is 65.6 Å². The van der Waals surface area contributed by atoms with Gasteiger partial charge in [-0.2, -0.15) is 0 Å². The maximum absolute atomic E-state index is 13.8. The van der Waals surface area contributed by atoms with Crippen LogP contribution in [-0.4, -0.2) is 45.7 Å². The van der Waals surface area contributed by atoms with Crippen molar-refractivity contribution >= 4 is 11.9 Å². The second-order valence-corrected chi connectivity index (χ2v) is 11.3. The first kappa shape index (κ1) is 29.2. The van der Waals surface area contributed by atoms with Gasteiger partial charge >= 0.3 is 5.97 Å². The molecule has 1 fully saturated rings. The molecular formula is C32H38FN3O4. The number of halogens is 1. The Balaban J connectivity index is 1.64. The number of carbonyl (C=O) groups is 2. The minimum atomic E-state index is -1.04. The number of benzene rings is 2. The van der Waals surface area contributed by atoms with Crippen LogP contribution in [0.4, 0.5) is 4.39 Å². The zero-order valence-corrected chi connectivity index (χ0v) is 23.6. The van der Waals surface area contributed by atoms with Gasteiger partial charge in [0.25, 0.3) is 5.56 Å². The normalized spacial score (nSPS) is 15.4. The van der Waals surface area contributed by atoms with Gasteiger partial charge < -0.3 is 15.0 Å². The predicted molar refractivity (Wildman–Crippen MR) is 154 cm³/mol. The molecule has 0 saturated carbocycles. The van der Waals surface area contributed by atoms with Gasteiger partial charge in [-0.25, -0.2) is 4.39 Å². The topological polar surface area (TPSA) is 91.6 Å². The fourth-order valence-electron chi connectivity index (χ4n) is 5.45. The number of alkyl halides is 1. The molecule has 0 bridgehead atoms. The van der Waals surface area contributed by atoms with Crippen LogP contribution < -0.4 is 10.9 Å². The van der Waals surface area contributed by atoms with Gasteiger partial charge in [0, 0.05) is 31.9 Å². The lowest BCUT2D eigenvalue weighted by Gasteiger charge is -2.34. The number of likely N-dealkylation sites (tertiary alicyclic amines) is 1. The Bertz CT molecular complexity index is 1410. The molecule has 1 amide bonds. The first-order valence-electron chi connectivity index (χ1n) is 13.8. The molecule has 1 aromatic heterocycles. The van der Waals surface area contributed by atoms with Gasteiger partial charge in [0.05, 0.1) is 12.5 Å². The molecule has 1 saturated heterocycles. The lowest BCUT2D eigenvalue weighted by molar-refractivity contribution is -0.138. The van der Waals surface area contributed by atoms with Crippen molar-refractivity contribution in [1.29, 1.82) is 0 Å². The second kappa shape index (κ2) is 12.6. The van der Waals surface area contributed by atoms with E-state index in [9.17, 15) is 23.9 Å². The SMILES string of the molecule is Cc1cccc(C)c1-c1cccc(C(CC(=O)O)NC(=O)C(CC(C)C)n2cc(CN3CC(F)C3)ccc2=O)c1. The number of carbonyl (C=O) groups excluding carboxylic acids is 1. The van der Waals surface area contributed by atoms with Gasteiger partial charge in [-0.3, -0.25) is 19.3 Å². The average Bonchev–Trinajstić information content (AvgIpc) is 2.87. The molecule has 2 aromatic carbocycles. The number of aryl methyl sites for hydroxylation is 2. The summed E-state index contributed by atoms with van der Waals surface area (Å²) < 4.78 is 14.7. The van der Waals surface area contributed by atoms with E-state index in [4.69, 9.17) is 0 Å². The number of nitrogens with one attached hydrogen (secondary N) is 1. The summed E-state index contributed by atoms with van der Waals surface area (Å²) in [5, 5.41) is 12.7. The van der Waals surface area contributed by atoms with Gasteiger partial charge in [-0.1, -0.05) is 56.3 Å². The highest BCUT2D eigenvalue weighted by molar-refractivity contribution is 5.82. The number of carboxylic acids is 1. The van der Waals surface area contributed by atoms with Crippen molar-refractivity contribution in [2.24, 2.45) is 5.92 Å². The van der Waals surface area contributed by atoms with Gasteiger partial charge in [-0.15, -0.1) is 0 Å². The fraction of sp³-hybridized carbons (Fsp3) is 0.406. The van der Waals surface area contributed by atoms with E-state index >= 15 is 0 Å². The zero-order valence-electron chi connectivity index (χ0n) is 23.6. The predicted octanol–water partition coefficient (Wildman–Crippen LogP) is 5.21. The summed E-state index contributed by atoms with van der Waals surface area (Å²) in [5.41, 5.74) is 5.41. The molecule has 2 atom stereocenters. The minimum Gasteiger partial charge on any atom is -0.481 e. The number of aromatic nitrogens is 1. The molecule has 2 unspecified atom stereocenters. The van der Waals surface area contributed by atoms with Crippen LogP contribution in [0, 0.1) is 19.8 Å². The summed E-state index contributed by atoms with van der Waals surface area (Å²) in [7, 11) is 0. The fourth-order valence-corrected chi connectivity index (χ4v) is 5.45. The lowest BCUT2D eigenvalue weighted by Crippen LogP contribution is -2.47. The molecule has 8 heteroatoms. The smallest absolute Gasteiger partial charge is 0.305 e. The van der Waals surface area contributed by atoms with E-state index in [-0.39, 0.29) is 17.9 Å². The van der Waals surface area contributed by atoms with Crippen molar-refractivity contribution in [3.63, 3.8) is 0 Å². The first-order valence-corrected chi connectivity index (χ1v) is 13.8. The van der Waals surface area contributed by atoms with Crippen LogP contribution in [0.5, 0.6) is 0 Å². The third-order valence-corrected chi connectivity index (χ3v) is 7.41. The zero-order chi connectivity index (χ0) is 29.0. The molecule has 2 N–H and O–H groups in total. The average molecular weight is 548 g/mol. The molecule has 4 rings (SSSR count). The van der Waals surface area contributed by atoms with Crippen molar-refractivity contribution in [3.8, 4) is 11.1 Å². The highest BCUT2D eigenvalue weighted by Gasteiger charge is 2.29. The molecular weight excluding hydrogens is 509 g/mol. The molecule has 0 radical (unpaired) electrons. The number of nitrogens with zero attached hydrogens (tertiary/aromatic N) is 2. The lowest BCUT2D eigenvalue weighted by atomic mass is 9.92. The third-order valence-electron chi connectivity index (χ3n) is 7.41. The number of pyridine rings is 1. The van der Waals surface area contributed by atoms with Crippen LogP contribution in [0.1, 0.15) is 61.0 Å². The van der Waals surface area contributed by atoms with E-state index in [0.717, 1.165) is 27.8 Å². The molecule has 1 aliphatic rings. The Labute approximate surface area is 234 Å². The Hall–Kier alpha value is -3.78. The van der Waals surface area contributed by atoms with Gasteiger partial charge in [0.1, 0.15) is 12.2 Å². The summed E-state index contributed by atoms with van der Waals surface area (Å²) >= 11 is 0. The van der Waals surface area contributed by atoms with E-state index in [1.165, 1.54) is 10.6 Å². The van der Waals surface area contributed by atoms with Crippen LogP contribution in [0.15, 0.2) is 65.6 Å². The van der Waals surface area contributed by atoms with Crippen LogP contribution in [-0.2, 0) is 16.1 Å². The van der Waals surface area contributed by atoms with E-state index < -0.39 is 30.1 Å². The number of hydrogen-bond acceptors (Lipinski definition) is 4. The Morgan fingerprint density at radius 3 is 2.35 bits per heavy atom. The summed E-state index contributed by atoms with van der Waals surface area (Å²) in [6.45, 7) is 9.21. The number of carboxylic acid groups (broad SMARTS) is 1. The number of aliphatic carboxylic acids is 1. The van der Waals surface area contributed by atoms with E-state index in [1.807, 2.05) is 75.1 Å². The largest absolute Gasteiger partial charge is 0.481 e. The van der Waals surface area contributed by atoms with Crippen molar-refractivity contribution in [3.05, 3.63) is 93.4 Å². The molecule has 1 aliphatic heterocycles. The molecule has 7 nitrogen and oxygen atoms in total. The summed E-state index contributed by atoms with van der Waals surface area (Å²) in [6, 6.07) is 15.2. The number of rotatable bonds is 11. The Morgan fingerprint density at radius 1 is 1.05 bits per heavy atom. The van der Waals surface area contributed by atoms with Crippen LogP contribution >= 0.6 is 0 Å².